The molecule has 5 amide bonds. The van der Waals surface area contributed by atoms with E-state index in [2.05, 4.69) is 21.3 Å². The number of carboxylic acids is 1. The molecule has 0 saturated carbocycles. The van der Waals surface area contributed by atoms with E-state index in [4.69, 9.17) is 16.6 Å². The fourth-order valence-corrected chi connectivity index (χ4v) is 3.22. The number of anilines is 1. The SMILES string of the molecule is CC.CCNc1c(C)cc([N+](=O)[O-])cc1C(=O)NC(CCC(=O)O)C(=O)NC(CC(N)=O)C(=O)NCC(N)=O. The van der Waals surface area contributed by atoms with Gasteiger partial charge < -0.3 is 37.8 Å². The summed E-state index contributed by atoms with van der Waals surface area (Å²) < 4.78 is 0. The fraction of sp³-hybridized carbons (Fsp3) is 0.478. The van der Waals surface area contributed by atoms with Crippen molar-refractivity contribution in [3.63, 3.8) is 0 Å². The number of hydrogen-bond acceptors (Lipinski definition) is 9. The number of hydrogen-bond donors (Lipinski definition) is 7. The number of carboxylic acid groups (broad SMARTS) is 1. The smallest absolute Gasteiger partial charge is 0.303 e. The van der Waals surface area contributed by atoms with Crippen LogP contribution in [0.5, 0.6) is 0 Å². The van der Waals surface area contributed by atoms with E-state index in [0.29, 0.717) is 12.1 Å². The fourth-order valence-electron chi connectivity index (χ4n) is 3.22. The predicted octanol–water partition coefficient (Wildman–Crippen LogP) is -0.714. The van der Waals surface area contributed by atoms with Crippen LogP contribution in [0.25, 0.3) is 0 Å². The van der Waals surface area contributed by atoms with E-state index >= 15 is 0 Å². The molecule has 216 valence electrons. The molecule has 1 aromatic rings. The molecule has 0 heterocycles. The lowest BCUT2D eigenvalue weighted by molar-refractivity contribution is -0.384. The lowest BCUT2D eigenvalue weighted by Gasteiger charge is -2.23. The maximum absolute atomic E-state index is 13.1. The third-order valence-electron chi connectivity index (χ3n) is 4.87. The zero-order valence-electron chi connectivity index (χ0n) is 22.2. The summed E-state index contributed by atoms with van der Waals surface area (Å²) in [6.07, 6.45) is -1.67. The Balaban J connectivity index is 0.00000704. The summed E-state index contributed by atoms with van der Waals surface area (Å²) in [5.41, 5.74) is 10.2. The second-order valence-corrected chi connectivity index (χ2v) is 7.85. The number of carbonyl (C=O) groups excluding carboxylic acids is 5. The van der Waals surface area contributed by atoms with E-state index in [0.717, 1.165) is 6.07 Å². The Kier molecular flexibility index (Phi) is 14.8. The average Bonchev–Trinajstić information content (AvgIpc) is 2.86. The maximum Gasteiger partial charge on any atom is 0.303 e. The van der Waals surface area contributed by atoms with Crippen molar-refractivity contribution in [2.24, 2.45) is 11.5 Å². The first-order valence-electron chi connectivity index (χ1n) is 12.0. The minimum atomic E-state index is -1.56. The molecule has 0 aliphatic carbocycles. The first-order valence-corrected chi connectivity index (χ1v) is 12.0. The van der Waals surface area contributed by atoms with Crippen molar-refractivity contribution in [1.29, 1.82) is 0 Å². The van der Waals surface area contributed by atoms with Crippen molar-refractivity contribution >= 4 is 46.9 Å². The van der Waals surface area contributed by atoms with Crippen LogP contribution in [0, 0.1) is 17.0 Å². The van der Waals surface area contributed by atoms with Crippen LogP contribution >= 0.6 is 0 Å². The molecule has 39 heavy (non-hydrogen) atoms. The quantitative estimate of drug-likeness (QED) is 0.106. The lowest BCUT2D eigenvalue weighted by Crippen LogP contribution is -2.55. The molecule has 2 unspecified atom stereocenters. The number of aryl methyl sites for hydroxylation is 1. The van der Waals surface area contributed by atoms with Crippen molar-refractivity contribution in [3.8, 4) is 0 Å². The maximum atomic E-state index is 13.1. The summed E-state index contributed by atoms with van der Waals surface area (Å²) in [5, 5.41) is 29.9. The van der Waals surface area contributed by atoms with Gasteiger partial charge in [0.15, 0.2) is 0 Å². The van der Waals surface area contributed by atoms with Crippen LogP contribution in [0.1, 0.15) is 56.0 Å². The van der Waals surface area contributed by atoms with Crippen LogP contribution in [0.3, 0.4) is 0 Å². The van der Waals surface area contributed by atoms with Gasteiger partial charge in [-0.2, -0.15) is 0 Å². The molecular weight excluding hydrogens is 518 g/mol. The molecule has 16 nitrogen and oxygen atoms in total. The van der Waals surface area contributed by atoms with Gasteiger partial charge in [0.1, 0.15) is 12.1 Å². The van der Waals surface area contributed by atoms with Crippen LogP contribution in [-0.2, 0) is 24.0 Å². The minimum Gasteiger partial charge on any atom is -0.481 e. The highest BCUT2D eigenvalue weighted by atomic mass is 16.6. The topological polar surface area (TPSA) is 266 Å². The van der Waals surface area contributed by atoms with Crippen LogP contribution in [0.2, 0.25) is 0 Å². The number of non-ortho nitro benzene ring substituents is 1. The van der Waals surface area contributed by atoms with Crippen molar-refractivity contribution in [1.82, 2.24) is 16.0 Å². The number of aliphatic carboxylic acids is 1. The van der Waals surface area contributed by atoms with Gasteiger partial charge >= 0.3 is 5.97 Å². The van der Waals surface area contributed by atoms with Crippen LogP contribution in [0.15, 0.2) is 12.1 Å². The van der Waals surface area contributed by atoms with Gasteiger partial charge in [0.25, 0.3) is 11.6 Å². The molecule has 0 aromatic heterocycles. The number of nitro groups is 1. The summed E-state index contributed by atoms with van der Waals surface area (Å²) in [5.74, 6) is -6.11. The van der Waals surface area contributed by atoms with Crippen molar-refractivity contribution in [2.45, 2.75) is 59.0 Å². The van der Waals surface area contributed by atoms with E-state index in [1.807, 2.05) is 13.8 Å². The first-order chi connectivity index (χ1) is 18.3. The number of nitrogens with two attached hydrogens (primary N) is 2. The zero-order valence-corrected chi connectivity index (χ0v) is 22.2. The van der Waals surface area contributed by atoms with E-state index in [-0.39, 0.29) is 16.9 Å². The van der Waals surface area contributed by atoms with E-state index in [9.17, 15) is 38.9 Å². The Hall–Kier alpha value is -4.76. The highest BCUT2D eigenvalue weighted by Gasteiger charge is 2.30. The molecule has 0 aliphatic rings. The van der Waals surface area contributed by atoms with Gasteiger partial charge in [-0.1, -0.05) is 13.8 Å². The number of benzene rings is 1. The van der Waals surface area contributed by atoms with Gasteiger partial charge in [0.05, 0.1) is 29.1 Å². The number of nitrogens with one attached hydrogen (secondary N) is 4. The van der Waals surface area contributed by atoms with Gasteiger partial charge in [0, 0.05) is 25.1 Å². The van der Waals surface area contributed by atoms with Gasteiger partial charge in [0.2, 0.25) is 23.6 Å². The first kappa shape index (κ1) is 34.2. The normalized spacial score (nSPS) is 11.5. The third-order valence-corrected chi connectivity index (χ3v) is 4.87. The Morgan fingerprint density at radius 2 is 1.62 bits per heavy atom. The second kappa shape index (κ2) is 16.9. The summed E-state index contributed by atoms with van der Waals surface area (Å²) in [7, 11) is 0. The number of amides is 5. The van der Waals surface area contributed by atoms with Gasteiger partial charge in [-0.25, -0.2) is 0 Å². The summed E-state index contributed by atoms with van der Waals surface area (Å²) in [4.78, 5) is 82.4. The highest BCUT2D eigenvalue weighted by molar-refractivity contribution is 6.03. The molecule has 1 aromatic carbocycles. The summed E-state index contributed by atoms with van der Waals surface area (Å²) >= 11 is 0. The molecule has 1 rings (SSSR count). The monoisotopic (exact) mass is 553 g/mol. The summed E-state index contributed by atoms with van der Waals surface area (Å²) in [6.45, 7) is 7.03. The van der Waals surface area contributed by atoms with Crippen molar-refractivity contribution in [2.75, 3.05) is 18.4 Å². The molecule has 16 heteroatoms. The Labute approximate surface area is 224 Å². The zero-order chi connectivity index (χ0) is 30.3. The van der Waals surface area contributed by atoms with Crippen LogP contribution in [0.4, 0.5) is 11.4 Å². The van der Waals surface area contributed by atoms with Gasteiger partial charge in [-0.05, 0) is 25.8 Å². The van der Waals surface area contributed by atoms with E-state index in [1.54, 1.807) is 6.92 Å². The van der Waals surface area contributed by atoms with Gasteiger partial charge in [-0.15, -0.1) is 0 Å². The molecule has 0 spiro atoms. The molecule has 0 bridgehead atoms. The number of nitro benzene ring substituents is 1. The molecule has 0 fully saturated rings. The van der Waals surface area contributed by atoms with Crippen molar-refractivity contribution in [3.05, 3.63) is 33.4 Å². The standard InChI is InChI=1S/C21H29N7O9.C2H6/c1-3-24-18-10(2)6-11(28(36)37)7-12(18)19(33)26-13(4-5-17(31)32)21(35)27-14(8-15(22)29)20(34)25-9-16(23)30;1-2/h6-7,13-14,24H,3-5,8-9H2,1-2H3,(H2,22,29)(H2,23,30)(H,25,34)(H,26,33)(H,27,35)(H,31,32);1-2H3. The lowest BCUT2D eigenvalue weighted by atomic mass is 10.0. The van der Waals surface area contributed by atoms with Crippen LogP contribution < -0.4 is 32.7 Å². The minimum absolute atomic E-state index is 0.172. The Morgan fingerprint density at radius 3 is 2.10 bits per heavy atom. The average molecular weight is 554 g/mol. The summed E-state index contributed by atoms with van der Waals surface area (Å²) in [6, 6.07) is -0.842. The number of nitrogens with zero attached hydrogens (tertiary/aromatic N) is 1. The number of rotatable bonds is 15. The highest BCUT2D eigenvalue weighted by Crippen LogP contribution is 2.27. The third kappa shape index (κ3) is 11.9. The van der Waals surface area contributed by atoms with Crippen molar-refractivity contribution < 1.29 is 38.8 Å². The molecule has 9 N–H and O–H groups in total. The van der Waals surface area contributed by atoms with E-state index < -0.39 is 78.3 Å². The molecule has 0 radical (unpaired) electrons. The van der Waals surface area contributed by atoms with Gasteiger partial charge in [-0.3, -0.25) is 38.9 Å². The molecule has 0 saturated heterocycles. The van der Waals surface area contributed by atoms with Crippen LogP contribution in [-0.4, -0.2) is 70.7 Å². The molecule has 2 atom stereocenters. The Bertz CT molecular complexity index is 1090. The molecule has 0 aliphatic heterocycles. The number of primary amides is 2. The number of carbonyl (C=O) groups is 6. The Morgan fingerprint density at radius 1 is 1.00 bits per heavy atom. The largest absolute Gasteiger partial charge is 0.481 e. The second-order valence-electron chi connectivity index (χ2n) is 7.85. The van der Waals surface area contributed by atoms with E-state index in [1.165, 1.54) is 13.0 Å². The molecular formula is C23H35N7O9. The predicted molar refractivity (Wildman–Crippen MR) is 139 cm³/mol.